The van der Waals surface area contributed by atoms with Crippen molar-refractivity contribution in [1.29, 1.82) is 0 Å². The lowest BCUT2D eigenvalue weighted by Crippen LogP contribution is -1.99. The van der Waals surface area contributed by atoms with E-state index in [0.717, 1.165) is 18.4 Å². The molecule has 0 fully saturated rings. The number of H-pyrrole nitrogens is 1. The summed E-state index contributed by atoms with van der Waals surface area (Å²) in [5.74, 6) is 0. The maximum atomic E-state index is 8.01. The average molecular weight is 172 g/mol. The van der Waals surface area contributed by atoms with E-state index in [0.29, 0.717) is 0 Å². The molecule has 0 spiro atoms. The topological polar surface area (TPSA) is 15.8 Å². The molecule has 0 bridgehead atoms. The molecule has 1 aliphatic rings. The van der Waals surface area contributed by atoms with Crippen LogP contribution in [0.5, 0.6) is 0 Å². The molecule has 0 aliphatic heterocycles. The van der Waals surface area contributed by atoms with Crippen molar-refractivity contribution in [2.75, 3.05) is 0 Å². The molecule has 0 amide bonds. The van der Waals surface area contributed by atoms with Crippen molar-refractivity contribution in [3.05, 3.63) is 35.5 Å². The summed E-state index contributed by atoms with van der Waals surface area (Å²) in [5, 5.41) is 1.29. The Kier molecular flexibility index (Phi) is 1.26. The zero-order chi connectivity index (χ0) is 9.54. The average Bonchev–Trinajstić information content (AvgIpc) is 2.55. The van der Waals surface area contributed by atoms with Crippen LogP contribution in [0.4, 0.5) is 0 Å². The fourth-order valence-corrected chi connectivity index (χ4v) is 2.27. The fraction of sp³-hybridized carbons (Fsp3) is 0.333. The minimum Gasteiger partial charge on any atom is -0.358 e. The third-order valence-electron chi connectivity index (χ3n) is 2.92. The van der Waals surface area contributed by atoms with Crippen molar-refractivity contribution in [3.63, 3.8) is 0 Å². The third-order valence-corrected chi connectivity index (χ3v) is 2.92. The molecule has 0 atom stereocenters. The van der Waals surface area contributed by atoms with E-state index < -0.39 is 0 Å². The van der Waals surface area contributed by atoms with Crippen molar-refractivity contribution in [1.82, 2.24) is 4.98 Å². The van der Waals surface area contributed by atoms with Crippen LogP contribution in [0.25, 0.3) is 10.9 Å². The number of para-hydroxylation sites is 1. The largest absolute Gasteiger partial charge is 0.358 e. The zero-order valence-corrected chi connectivity index (χ0v) is 7.59. The van der Waals surface area contributed by atoms with Gasteiger partial charge in [-0.3, -0.25) is 0 Å². The first kappa shape index (κ1) is 6.25. The zero-order valence-electron chi connectivity index (χ0n) is 8.59. The van der Waals surface area contributed by atoms with E-state index in [1.807, 2.05) is 12.1 Å². The van der Waals surface area contributed by atoms with Gasteiger partial charge in [0.2, 0.25) is 0 Å². The van der Waals surface area contributed by atoms with Gasteiger partial charge >= 0.3 is 0 Å². The van der Waals surface area contributed by atoms with Gasteiger partial charge in [0.1, 0.15) is 0 Å². The highest BCUT2D eigenvalue weighted by molar-refractivity contribution is 5.84. The summed E-state index contributed by atoms with van der Waals surface area (Å²) in [4.78, 5) is 1.63. The Hall–Kier alpha value is -1.24. The summed E-state index contributed by atoms with van der Waals surface area (Å²) >= 11 is 0. The molecule has 3 rings (SSSR count). The van der Waals surface area contributed by atoms with E-state index in [9.17, 15) is 0 Å². The number of aromatic nitrogens is 1. The van der Waals surface area contributed by atoms with Crippen LogP contribution in [0.2, 0.25) is 1.41 Å². The molecule has 0 saturated carbocycles. The molecular formula is C12H13N. The molecule has 0 radical (unpaired) electrons. The van der Waals surface area contributed by atoms with Crippen molar-refractivity contribution in [2.45, 2.75) is 25.7 Å². The van der Waals surface area contributed by atoms with E-state index in [1.165, 1.54) is 29.5 Å². The number of aryl methyl sites for hydroxylation is 1. The van der Waals surface area contributed by atoms with Crippen molar-refractivity contribution < 1.29 is 1.41 Å². The van der Waals surface area contributed by atoms with Crippen LogP contribution >= 0.6 is 0 Å². The Labute approximate surface area is 79.2 Å². The van der Waals surface area contributed by atoms with Crippen LogP contribution in [0, 0.1) is 0 Å². The van der Waals surface area contributed by atoms with E-state index in [2.05, 4.69) is 12.1 Å². The number of hydrogen-bond acceptors (Lipinski definition) is 0. The molecule has 1 N–H and O–H groups in total. The summed E-state index contributed by atoms with van der Waals surface area (Å²) in [5.41, 5.74) is 3.72. The molecule has 1 heteroatoms. The number of nitrogens with one attached hydrogen (secondary N) is 1. The molecule has 0 saturated heterocycles. The Morgan fingerprint density at radius 2 is 2.00 bits per heavy atom. The molecule has 66 valence electrons. The molecule has 1 aliphatic carbocycles. The van der Waals surface area contributed by atoms with Gasteiger partial charge in [0.15, 0.2) is 1.41 Å². The number of fused-ring (bicyclic) bond motifs is 3. The van der Waals surface area contributed by atoms with Crippen molar-refractivity contribution >= 4 is 10.9 Å². The summed E-state index contributed by atoms with van der Waals surface area (Å²) in [6.07, 6.45) is 4.75. The molecule has 0 unspecified atom stereocenters. The number of hydrogen-bond donors (Lipinski definition) is 1. The lowest BCUT2D eigenvalue weighted by Gasteiger charge is -2.10. The van der Waals surface area contributed by atoms with Crippen molar-refractivity contribution in [3.8, 4) is 0 Å². The second-order valence-corrected chi connectivity index (χ2v) is 3.76. The minimum atomic E-state index is 1.07. The lowest BCUT2D eigenvalue weighted by molar-refractivity contribution is 0.680. The van der Waals surface area contributed by atoms with Gasteiger partial charge in [0.05, 0.1) is 0 Å². The van der Waals surface area contributed by atoms with Crippen LogP contribution in [0.15, 0.2) is 24.3 Å². The van der Waals surface area contributed by atoms with Gasteiger partial charge in [0, 0.05) is 16.6 Å². The molecular weight excluding hydrogens is 158 g/mol. The van der Waals surface area contributed by atoms with Crippen LogP contribution in [0.1, 0.15) is 24.1 Å². The Bertz CT molecular complexity index is 484. The minimum absolute atomic E-state index is 1.07. The van der Waals surface area contributed by atoms with Crippen LogP contribution in [0.3, 0.4) is 0 Å². The van der Waals surface area contributed by atoms with Crippen LogP contribution in [-0.4, -0.2) is 4.98 Å². The first-order valence-electron chi connectivity index (χ1n) is 5.43. The standard InChI is InChI=1S/C12H13N/c1-3-7-11-9(5-1)10-6-2-4-8-12(10)13-11/h1,3,5,7,13H,2,4,6,8H2/i/hD. The van der Waals surface area contributed by atoms with E-state index in [1.54, 1.807) is 4.98 Å². The van der Waals surface area contributed by atoms with Gasteiger partial charge < -0.3 is 4.98 Å². The second kappa shape index (κ2) is 2.63. The van der Waals surface area contributed by atoms with Crippen LogP contribution in [-0.2, 0) is 12.8 Å². The number of benzene rings is 1. The molecule has 1 aromatic carbocycles. The fourth-order valence-electron chi connectivity index (χ4n) is 2.27. The van der Waals surface area contributed by atoms with Gasteiger partial charge in [-0.25, -0.2) is 0 Å². The normalized spacial score (nSPS) is 17.1. The van der Waals surface area contributed by atoms with Crippen LogP contribution < -0.4 is 0 Å². The quantitative estimate of drug-likeness (QED) is 0.628. The predicted octanol–water partition coefficient (Wildman–Crippen LogP) is 3.05. The van der Waals surface area contributed by atoms with Gasteiger partial charge in [-0.15, -0.1) is 0 Å². The Morgan fingerprint density at radius 3 is 3.00 bits per heavy atom. The molecule has 1 aromatic heterocycles. The van der Waals surface area contributed by atoms with Gasteiger partial charge in [-0.2, -0.15) is 0 Å². The summed E-state index contributed by atoms with van der Waals surface area (Å²) in [6, 6.07) is 8.27. The lowest BCUT2D eigenvalue weighted by atomic mass is 9.96. The third kappa shape index (κ3) is 0.998. The number of aromatic amines is 1. The first-order valence-corrected chi connectivity index (χ1v) is 4.98. The maximum absolute atomic E-state index is 8.01. The SMILES string of the molecule is [2H]n1c2c(c3ccccc31)CCCC2. The maximum Gasteiger partial charge on any atom is 0.166 e. The summed E-state index contributed by atoms with van der Waals surface area (Å²) < 4.78 is 8.01. The van der Waals surface area contributed by atoms with Gasteiger partial charge in [0.25, 0.3) is 0 Å². The molecule has 1 heterocycles. The highest BCUT2D eigenvalue weighted by atomic mass is 14.7. The Morgan fingerprint density at radius 1 is 1.15 bits per heavy atom. The highest BCUT2D eigenvalue weighted by Gasteiger charge is 2.13. The second-order valence-electron chi connectivity index (χ2n) is 3.76. The highest BCUT2D eigenvalue weighted by Crippen LogP contribution is 2.28. The smallest absolute Gasteiger partial charge is 0.166 e. The van der Waals surface area contributed by atoms with E-state index >= 15 is 0 Å². The van der Waals surface area contributed by atoms with Gasteiger partial charge in [-0.05, 0) is 37.3 Å². The number of rotatable bonds is 0. The summed E-state index contributed by atoms with van der Waals surface area (Å²) in [6.45, 7) is 0. The van der Waals surface area contributed by atoms with Gasteiger partial charge in [-0.1, -0.05) is 18.2 Å². The monoisotopic (exact) mass is 172 g/mol. The molecule has 13 heavy (non-hydrogen) atoms. The van der Waals surface area contributed by atoms with E-state index in [4.69, 9.17) is 1.41 Å². The Balaban J connectivity index is 2.41. The van der Waals surface area contributed by atoms with E-state index in [-0.39, 0.29) is 0 Å². The molecule has 2 aromatic rings. The first-order chi connectivity index (χ1) is 6.88. The van der Waals surface area contributed by atoms with Crippen molar-refractivity contribution in [2.24, 2.45) is 0 Å². The predicted molar refractivity (Wildman–Crippen MR) is 54.9 cm³/mol. The summed E-state index contributed by atoms with van der Waals surface area (Å²) in [7, 11) is 0. The molecule has 1 nitrogen and oxygen atoms in total.